The molecule has 8 heteroatoms. The van der Waals surface area contributed by atoms with E-state index in [2.05, 4.69) is 69.0 Å². The van der Waals surface area contributed by atoms with E-state index in [0.717, 1.165) is 38.9 Å². The van der Waals surface area contributed by atoms with Gasteiger partial charge in [-0.3, -0.25) is 9.59 Å². The third-order valence-electron chi connectivity index (χ3n) is 8.74. The fourth-order valence-electron chi connectivity index (χ4n) is 6.29. The van der Waals surface area contributed by atoms with Gasteiger partial charge in [0.2, 0.25) is 5.91 Å². The molecule has 2 fully saturated rings. The maximum absolute atomic E-state index is 14.1. The van der Waals surface area contributed by atoms with E-state index in [1.807, 2.05) is 12.1 Å². The van der Waals surface area contributed by atoms with Gasteiger partial charge in [-0.1, -0.05) is 90.3 Å². The first-order valence-corrected chi connectivity index (χ1v) is 16.3. The summed E-state index contributed by atoms with van der Waals surface area (Å²) < 4.78 is 0. The van der Waals surface area contributed by atoms with Gasteiger partial charge in [0.1, 0.15) is 0 Å². The van der Waals surface area contributed by atoms with Crippen LogP contribution in [-0.2, 0) is 4.79 Å². The molecule has 2 aliphatic heterocycles. The van der Waals surface area contributed by atoms with Gasteiger partial charge in [-0.05, 0) is 74.5 Å². The summed E-state index contributed by atoms with van der Waals surface area (Å²) in [5, 5.41) is 7.52. The van der Waals surface area contributed by atoms with Crippen molar-refractivity contribution in [3.05, 3.63) is 106 Å². The number of hydrogen-bond acceptors (Lipinski definition) is 4. The summed E-state index contributed by atoms with van der Waals surface area (Å²) in [5.74, 6) is 0.0902. The third kappa shape index (κ3) is 8.82. The summed E-state index contributed by atoms with van der Waals surface area (Å²) in [7, 11) is 0. The topological polar surface area (TPSA) is 64.7 Å². The highest BCUT2D eigenvalue weighted by atomic mass is 35.5. The molecule has 2 amide bonds. The largest absolute Gasteiger partial charge is 0.352 e. The monoisotopic (exact) mass is 620 g/mol. The van der Waals surface area contributed by atoms with Crippen LogP contribution in [0.4, 0.5) is 0 Å². The Kier molecular flexibility index (Phi) is 11.5. The Morgan fingerprint density at radius 3 is 2.19 bits per heavy atom. The Morgan fingerprint density at radius 1 is 0.860 bits per heavy atom. The van der Waals surface area contributed by atoms with E-state index in [1.165, 1.54) is 30.4 Å². The lowest BCUT2D eigenvalue weighted by Gasteiger charge is -2.31. The number of carbonyl (C=O) groups excluding carboxylic acids is 2. The summed E-state index contributed by atoms with van der Waals surface area (Å²) in [6.45, 7) is 4.94. The second-order valence-electron chi connectivity index (χ2n) is 11.7. The van der Waals surface area contributed by atoms with Crippen LogP contribution >= 0.6 is 23.2 Å². The highest BCUT2D eigenvalue weighted by Crippen LogP contribution is 2.27. The Hall–Kier alpha value is -2.90. The number of piperidine rings is 1. The Labute approximate surface area is 265 Å². The summed E-state index contributed by atoms with van der Waals surface area (Å²) in [5.41, 5.74) is 2.91. The number of nitrogens with one attached hydrogen (secondary N) is 2. The second kappa shape index (κ2) is 15.7. The van der Waals surface area contributed by atoms with Gasteiger partial charge in [0.25, 0.3) is 5.91 Å². The highest BCUT2D eigenvalue weighted by molar-refractivity contribution is 6.42. The average molecular weight is 622 g/mol. The van der Waals surface area contributed by atoms with Gasteiger partial charge in [0, 0.05) is 43.7 Å². The van der Waals surface area contributed by atoms with Crippen molar-refractivity contribution in [2.75, 3.05) is 39.3 Å². The molecule has 43 heavy (non-hydrogen) atoms. The van der Waals surface area contributed by atoms with Crippen LogP contribution in [0.25, 0.3) is 0 Å². The zero-order valence-electron chi connectivity index (χ0n) is 24.7. The first-order valence-electron chi connectivity index (χ1n) is 15.6. The zero-order chi connectivity index (χ0) is 30.0. The van der Waals surface area contributed by atoms with E-state index < -0.39 is 0 Å². The molecule has 0 saturated carbocycles. The predicted octanol–water partition coefficient (Wildman–Crippen LogP) is 6.38. The lowest BCUT2D eigenvalue weighted by Crippen LogP contribution is -2.48. The van der Waals surface area contributed by atoms with Gasteiger partial charge < -0.3 is 20.4 Å². The molecule has 6 nitrogen and oxygen atoms in total. The van der Waals surface area contributed by atoms with Crippen LogP contribution in [0.15, 0.2) is 78.9 Å². The molecular formula is C35H42Cl2N4O2. The first-order chi connectivity index (χ1) is 21.0. The second-order valence-corrected chi connectivity index (χ2v) is 12.5. The van der Waals surface area contributed by atoms with E-state index in [1.54, 1.807) is 18.2 Å². The van der Waals surface area contributed by atoms with Crippen molar-refractivity contribution < 1.29 is 9.59 Å². The number of nitrogens with zero attached hydrogens (tertiary/aromatic N) is 2. The molecule has 0 radical (unpaired) electrons. The number of carbonyl (C=O) groups is 2. The maximum Gasteiger partial charge on any atom is 0.251 e. The molecule has 0 aromatic heterocycles. The van der Waals surface area contributed by atoms with Gasteiger partial charge in [-0.2, -0.15) is 0 Å². The lowest BCUT2D eigenvalue weighted by molar-refractivity contribution is -0.133. The van der Waals surface area contributed by atoms with E-state index in [-0.39, 0.29) is 29.8 Å². The highest BCUT2D eigenvalue weighted by Gasteiger charge is 2.33. The normalized spacial score (nSPS) is 19.8. The van der Waals surface area contributed by atoms with Crippen LogP contribution in [0, 0.1) is 0 Å². The van der Waals surface area contributed by atoms with E-state index in [4.69, 9.17) is 23.2 Å². The van der Waals surface area contributed by atoms with E-state index in [0.29, 0.717) is 35.2 Å². The van der Waals surface area contributed by atoms with Crippen LogP contribution in [0.5, 0.6) is 0 Å². The van der Waals surface area contributed by atoms with Gasteiger partial charge in [0.15, 0.2) is 0 Å². The molecule has 2 atom stereocenters. The van der Waals surface area contributed by atoms with Gasteiger partial charge in [-0.15, -0.1) is 0 Å². The molecule has 0 spiro atoms. The predicted molar refractivity (Wildman–Crippen MR) is 175 cm³/mol. The number of rotatable bonds is 11. The Balaban J connectivity index is 1.28. The molecule has 2 N–H and O–H groups in total. The first kappa shape index (κ1) is 31.5. The third-order valence-corrected chi connectivity index (χ3v) is 9.48. The quantitative estimate of drug-likeness (QED) is 0.261. The minimum Gasteiger partial charge on any atom is -0.352 e. The fourth-order valence-corrected chi connectivity index (χ4v) is 6.58. The molecule has 5 rings (SSSR count). The van der Waals surface area contributed by atoms with Gasteiger partial charge in [-0.25, -0.2) is 0 Å². The molecule has 2 saturated heterocycles. The minimum atomic E-state index is -0.257. The Morgan fingerprint density at radius 2 is 1.53 bits per heavy atom. The standard InChI is InChI=1S/C35H42Cl2N4O2/c36-31-15-14-28(24-32(31)37)34(42)38-19-16-29-17-23-41(35(43)33(39-29)18-22-40-20-8-3-9-21-40)25-30(26-10-4-1-5-11-26)27-12-6-2-7-13-27/h1-2,4-7,10-15,24,29-30,33,39H,3,8-9,16-23,25H2,(H,38,42)/t29-,33+/m0/s1. The Bertz CT molecular complexity index is 1290. The molecule has 3 aromatic carbocycles. The van der Waals surface area contributed by atoms with Crippen molar-refractivity contribution >= 4 is 35.0 Å². The van der Waals surface area contributed by atoms with E-state index in [9.17, 15) is 9.59 Å². The summed E-state index contributed by atoms with van der Waals surface area (Å²) in [6, 6.07) is 25.7. The molecule has 3 aromatic rings. The van der Waals surface area contributed by atoms with Crippen LogP contribution < -0.4 is 10.6 Å². The number of likely N-dealkylation sites (tertiary alicyclic amines) is 1. The van der Waals surface area contributed by atoms with E-state index >= 15 is 0 Å². The maximum atomic E-state index is 14.1. The smallest absolute Gasteiger partial charge is 0.251 e. The van der Waals surface area contributed by atoms with Gasteiger partial charge in [0.05, 0.1) is 16.1 Å². The number of amides is 2. The van der Waals surface area contributed by atoms with Crippen LogP contribution in [-0.4, -0.2) is 73.0 Å². The molecule has 2 aliphatic rings. The molecule has 2 heterocycles. The van der Waals surface area contributed by atoms with Crippen molar-refractivity contribution in [3.8, 4) is 0 Å². The summed E-state index contributed by atoms with van der Waals surface area (Å²) >= 11 is 12.1. The SMILES string of the molecule is O=C(NCC[C@H]1CCN(CC(c2ccccc2)c2ccccc2)C(=O)[C@@H](CCN2CCCCC2)N1)c1ccc(Cl)c(Cl)c1. The van der Waals surface area contributed by atoms with Crippen molar-refractivity contribution in [3.63, 3.8) is 0 Å². The number of benzene rings is 3. The van der Waals surface area contributed by atoms with Crippen LogP contribution in [0.3, 0.4) is 0 Å². The fraction of sp³-hybridized carbons (Fsp3) is 0.429. The molecular weight excluding hydrogens is 579 g/mol. The lowest BCUT2D eigenvalue weighted by atomic mass is 9.90. The van der Waals surface area contributed by atoms with Crippen molar-refractivity contribution in [1.29, 1.82) is 0 Å². The molecule has 0 bridgehead atoms. The van der Waals surface area contributed by atoms with Crippen molar-refractivity contribution in [1.82, 2.24) is 20.4 Å². The van der Waals surface area contributed by atoms with Crippen molar-refractivity contribution in [2.45, 2.75) is 56.5 Å². The van der Waals surface area contributed by atoms with Gasteiger partial charge >= 0.3 is 0 Å². The molecule has 228 valence electrons. The van der Waals surface area contributed by atoms with Crippen LogP contribution in [0.1, 0.15) is 65.9 Å². The minimum absolute atomic E-state index is 0.0936. The molecule has 0 aliphatic carbocycles. The van der Waals surface area contributed by atoms with Crippen LogP contribution in [0.2, 0.25) is 10.0 Å². The number of hydrogen-bond donors (Lipinski definition) is 2. The molecule has 0 unspecified atom stereocenters. The number of halogens is 2. The van der Waals surface area contributed by atoms with Crippen molar-refractivity contribution in [2.24, 2.45) is 0 Å². The summed E-state index contributed by atoms with van der Waals surface area (Å²) in [4.78, 5) is 31.5. The summed E-state index contributed by atoms with van der Waals surface area (Å²) in [6.07, 6.45) is 6.09. The average Bonchev–Trinajstić information content (AvgIpc) is 3.19. The zero-order valence-corrected chi connectivity index (χ0v) is 26.2.